The van der Waals surface area contributed by atoms with Crippen molar-refractivity contribution >= 4 is 5.57 Å². The molecule has 0 amide bonds. The van der Waals surface area contributed by atoms with Crippen molar-refractivity contribution in [2.45, 2.75) is 54.9 Å². The summed E-state index contributed by atoms with van der Waals surface area (Å²) in [6.07, 6.45) is 3.44. The van der Waals surface area contributed by atoms with E-state index in [1.54, 1.807) is 0 Å². The zero-order valence-electron chi connectivity index (χ0n) is 18.0. The predicted octanol–water partition coefficient (Wildman–Crippen LogP) is 7.02. The molecular formula is C25H37N. The normalized spacial score (nSPS) is 10.1. The third kappa shape index (κ3) is 8.82. The standard InChI is InChI=1S/C17H24.C7H8.CH5N/c1-7-13(4)10-16(12(2)3)17-11-14(5)8-9-15(17)6;1-7-5-3-2-4-6-7;1-2/h8-11H,7H2,1-6H3;2-6H,1H3;2H2,1H3/b13-10-;;. The average Bonchev–Trinajstić information content (AvgIpc) is 2.64. The molecule has 26 heavy (non-hydrogen) atoms. The summed E-state index contributed by atoms with van der Waals surface area (Å²) in [5.41, 5.74) is 14.1. The van der Waals surface area contributed by atoms with Gasteiger partial charge in [-0.2, -0.15) is 0 Å². The van der Waals surface area contributed by atoms with E-state index in [4.69, 9.17) is 0 Å². The summed E-state index contributed by atoms with van der Waals surface area (Å²) in [5.74, 6) is 0. The first-order chi connectivity index (χ1) is 12.3. The first-order valence-corrected chi connectivity index (χ1v) is 9.36. The molecule has 0 aromatic heterocycles. The van der Waals surface area contributed by atoms with Gasteiger partial charge in [0, 0.05) is 0 Å². The Labute approximate surface area is 161 Å². The maximum absolute atomic E-state index is 4.50. The smallest absolute Gasteiger partial charge is 0.0153 e. The van der Waals surface area contributed by atoms with E-state index in [2.05, 4.69) is 90.6 Å². The van der Waals surface area contributed by atoms with Gasteiger partial charge in [0.15, 0.2) is 0 Å². The number of aryl methyl sites for hydroxylation is 3. The summed E-state index contributed by atoms with van der Waals surface area (Å²) < 4.78 is 0. The fourth-order valence-corrected chi connectivity index (χ4v) is 2.40. The Balaban J connectivity index is 0.000000575. The van der Waals surface area contributed by atoms with E-state index < -0.39 is 0 Å². The Bertz CT molecular complexity index is 702. The second-order valence-corrected chi connectivity index (χ2v) is 6.73. The molecule has 2 aromatic rings. The highest BCUT2D eigenvalue weighted by Crippen LogP contribution is 2.26. The zero-order chi connectivity index (χ0) is 20.1. The van der Waals surface area contributed by atoms with Crippen LogP contribution in [0.25, 0.3) is 5.57 Å². The van der Waals surface area contributed by atoms with E-state index in [0.29, 0.717) is 0 Å². The lowest BCUT2D eigenvalue weighted by molar-refractivity contribution is 1.10. The number of nitrogens with two attached hydrogens (primary N) is 1. The number of allylic oxidation sites excluding steroid dienone is 4. The molecule has 0 aliphatic carbocycles. The van der Waals surface area contributed by atoms with Crippen molar-refractivity contribution in [1.82, 2.24) is 0 Å². The molecule has 2 rings (SSSR count). The van der Waals surface area contributed by atoms with Crippen LogP contribution in [0.15, 0.2) is 65.8 Å². The van der Waals surface area contributed by atoms with Crippen LogP contribution in [0.4, 0.5) is 0 Å². The first-order valence-electron chi connectivity index (χ1n) is 9.36. The lowest BCUT2D eigenvalue weighted by Gasteiger charge is -2.12. The monoisotopic (exact) mass is 351 g/mol. The summed E-state index contributed by atoms with van der Waals surface area (Å²) in [5, 5.41) is 0. The van der Waals surface area contributed by atoms with E-state index in [9.17, 15) is 0 Å². The maximum Gasteiger partial charge on any atom is -0.0153 e. The fourth-order valence-electron chi connectivity index (χ4n) is 2.40. The average molecular weight is 352 g/mol. The van der Waals surface area contributed by atoms with Gasteiger partial charge in [0.2, 0.25) is 0 Å². The zero-order valence-corrected chi connectivity index (χ0v) is 18.0. The first kappa shape index (κ1) is 23.9. The number of hydrogen-bond acceptors (Lipinski definition) is 1. The Morgan fingerprint density at radius 2 is 1.42 bits per heavy atom. The van der Waals surface area contributed by atoms with Crippen molar-refractivity contribution in [2.24, 2.45) is 5.73 Å². The highest BCUT2D eigenvalue weighted by Gasteiger charge is 2.05. The summed E-state index contributed by atoms with van der Waals surface area (Å²) in [4.78, 5) is 0. The summed E-state index contributed by atoms with van der Waals surface area (Å²) >= 11 is 0. The van der Waals surface area contributed by atoms with Crippen LogP contribution in [0.5, 0.6) is 0 Å². The van der Waals surface area contributed by atoms with Crippen molar-refractivity contribution in [2.75, 3.05) is 7.05 Å². The molecule has 0 radical (unpaired) electrons. The molecule has 0 spiro atoms. The van der Waals surface area contributed by atoms with Crippen LogP contribution < -0.4 is 5.73 Å². The summed E-state index contributed by atoms with van der Waals surface area (Å²) in [6.45, 7) is 15.2. The topological polar surface area (TPSA) is 26.0 Å². The second-order valence-electron chi connectivity index (χ2n) is 6.73. The van der Waals surface area contributed by atoms with Crippen molar-refractivity contribution in [3.05, 3.63) is 88.0 Å². The van der Waals surface area contributed by atoms with E-state index in [1.807, 2.05) is 18.2 Å². The molecule has 0 heterocycles. The van der Waals surface area contributed by atoms with Crippen LogP contribution in [0.3, 0.4) is 0 Å². The minimum absolute atomic E-state index is 1.11. The molecule has 0 fully saturated rings. The molecule has 1 heteroatoms. The van der Waals surface area contributed by atoms with Gasteiger partial charge in [-0.3, -0.25) is 0 Å². The number of hydrogen-bond donors (Lipinski definition) is 1. The van der Waals surface area contributed by atoms with Gasteiger partial charge in [-0.05, 0) is 71.7 Å². The van der Waals surface area contributed by atoms with Gasteiger partial charge in [-0.1, -0.05) is 83.8 Å². The largest absolute Gasteiger partial charge is 0.333 e. The Morgan fingerprint density at radius 1 is 0.846 bits per heavy atom. The SMILES string of the molecule is CC/C(C)=C\C(=C(C)C)c1cc(C)ccc1C.CN.Cc1ccccc1. The third-order valence-electron chi connectivity index (χ3n) is 4.11. The van der Waals surface area contributed by atoms with Gasteiger partial charge in [-0.15, -0.1) is 0 Å². The number of rotatable bonds is 3. The molecule has 0 bridgehead atoms. The van der Waals surface area contributed by atoms with Crippen molar-refractivity contribution in [3.63, 3.8) is 0 Å². The molecule has 0 saturated heterocycles. The maximum atomic E-state index is 4.50. The summed E-state index contributed by atoms with van der Waals surface area (Å²) in [6, 6.07) is 16.9. The van der Waals surface area contributed by atoms with Gasteiger partial charge in [0.05, 0.1) is 0 Å². The van der Waals surface area contributed by atoms with Gasteiger partial charge in [0.25, 0.3) is 0 Å². The Hall–Kier alpha value is -2.12. The highest BCUT2D eigenvalue weighted by atomic mass is 14.4. The van der Waals surface area contributed by atoms with E-state index in [0.717, 1.165) is 6.42 Å². The van der Waals surface area contributed by atoms with Crippen molar-refractivity contribution in [3.8, 4) is 0 Å². The van der Waals surface area contributed by atoms with Crippen molar-refractivity contribution < 1.29 is 0 Å². The van der Waals surface area contributed by atoms with Crippen molar-refractivity contribution in [1.29, 1.82) is 0 Å². The van der Waals surface area contributed by atoms with E-state index in [1.165, 1.54) is 46.0 Å². The molecule has 0 aliphatic heterocycles. The van der Waals surface area contributed by atoms with Crippen LogP contribution in [0.2, 0.25) is 0 Å². The van der Waals surface area contributed by atoms with Crippen LogP contribution in [-0.2, 0) is 0 Å². The van der Waals surface area contributed by atoms with Crippen LogP contribution in [0.1, 0.15) is 56.4 Å². The molecule has 0 aliphatic rings. The summed E-state index contributed by atoms with van der Waals surface area (Å²) in [7, 11) is 1.50. The second kappa shape index (κ2) is 13.1. The Kier molecular flexibility index (Phi) is 12.1. The molecular weight excluding hydrogens is 314 g/mol. The predicted molar refractivity (Wildman–Crippen MR) is 120 cm³/mol. The van der Waals surface area contributed by atoms with Crippen LogP contribution >= 0.6 is 0 Å². The van der Waals surface area contributed by atoms with Gasteiger partial charge in [0.1, 0.15) is 0 Å². The fraction of sp³-hybridized carbons (Fsp3) is 0.360. The lowest BCUT2D eigenvalue weighted by atomic mass is 9.93. The van der Waals surface area contributed by atoms with Gasteiger partial charge < -0.3 is 5.73 Å². The van der Waals surface area contributed by atoms with Crippen LogP contribution in [0, 0.1) is 20.8 Å². The quantitative estimate of drug-likeness (QED) is 0.590. The molecule has 0 atom stereocenters. The highest BCUT2D eigenvalue weighted by molar-refractivity contribution is 5.78. The van der Waals surface area contributed by atoms with Gasteiger partial charge in [-0.25, -0.2) is 0 Å². The number of benzene rings is 2. The molecule has 1 nitrogen and oxygen atoms in total. The molecule has 0 saturated carbocycles. The minimum Gasteiger partial charge on any atom is -0.333 e. The molecule has 142 valence electrons. The van der Waals surface area contributed by atoms with E-state index in [-0.39, 0.29) is 0 Å². The van der Waals surface area contributed by atoms with Gasteiger partial charge >= 0.3 is 0 Å². The Morgan fingerprint density at radius 3 is 1.85 bits per heavy atom. The molecule has 0 unspecified atom stereocenters. The lowest BCUT2D eigenvalue weighted by Crippen LogP contribution is -1.91. The third-order valence-corrected chi connectivity index (χ3v) is 4.11. The minimum atomic E-state index is 1.11. The van der Waals surface area contributed by atoms with Crippen LogP contribution in [-0.4, -0.2) is 7.05 Å². The van der Waals surface area contributed by atoms with E-state index >= 15 is 0 Å². The molecule has 2 N–H and O–H groups in total. The molecule has 2 aromatic carbocycles.